The first-order valence-electron chi connectivity index (χ1n) is 4.33. The van der Waals surface area contributed by atoms with Crippen LogP contribution >= 0.6 is 38.3 Å². The quantitative estimate of drug-likeness (QED) is 0.497. The minimum atomic E-state index is -4.96. The zero-order valence-corrected chi connectivity index (χ0v) is 12.4. The van der Waals surface area contributed by atoms with Crippen LogP contribution in [0, 0.1) is 6.92 Å². The highest BCUT2D eigenvalue weighted by atomic mass is 32.2. The molecule has 4 N–H and O–H groups in total. The molecule has 1 aromatic rings. The Kier molecular flexibility index (Phi) is 4.34. The number of hydrogen-bond acceptors (Lipinski definition) is 4. The lowest BCUT2D eigenvalue weighted by Gasteiger charge is -2.29. The summed E-state index contributed by atoms with van der Waals surface area (Å²) in [5.74, 6) is 0. The minimum absolute atomic E-state index is 0.455. The number of thiophene rings is 1. The summed E-state index contributed by atoms with van der Waals surface area (Å²) >= 11 is 1.70. The third-order valence-electron chi connectivity index (χ3n) is 2.08. The van der Waals surface area contributed by atoms with E-state index in [1.54, 1.807) is 18.4 Å². The second kappa shape index (κ2) is 4.79. The van der Waals surface area contributed by atoms with Gasteiger partial charge in [-0.1, -0.05) is 11.8 Å². The molecule has 0 bridgehead atoms. The van der Waals surface area contributed by atoms with E-state index in [4.69, 9.17) is 19.6 Å². The third kappa shape index (κ3) is 3.22. The van der Waals surface area contributed by atoms with E-state index in [9.17, 15) is 9.13 Å². The van der Waals surface area contributed by atoms with Crippen LogP contribution in [0.5, 0.6) is 0 Å². The first-order valence-corrected chi connectivity index (χ1v) is 9.25. The lowest BCUT2D eigenvalue weighted by molar-refractivity contribution is 0.336. The van der Waals surface area contributed by atoms with Crippen molar-refractivity contribution in [2.75, 3.05) is 0 Å². The molecule has 6 nitrogen and oxygen atoms in total. The van der Waals surface area contributed by atoms with Crippen molar-refractivity contribution in [3.63, 3.8) is 0 Å². The van der Waals surface area contributed by atoms with E-state index in [-0.39, 0.29) is 0 Å². The van der Waals surface area contributed by atoms with E-state index >= 15 is 0 Å². The Morgan fingerprint density at radius 1 is 1.24 bits per heavy atom. The Bertz CT molecular complexity index is 478. The number of rotatable bonds is 4. The van der Waals surface area contributed by atoms with Crippen LogP contribution in [0.15, 0.2) is 15.7 Å². The molecule has 0 aromatic carbocycles. The molecule has 0 aliphatic heterocycles. The summed E-state index contributed by atoms with van der Waals surface area (Å²) in [5, 5.41) is 1.74. The average molecular weight is 318 g/mol. The fraction of sp³-hybridized carbons (Fsp3) is 0.429. The summed E-state index contributed by atoms with van der Waals surface area (Å²) in [6, 6.07) is 1.62. The molecule has 10 heteroatoms. The van der Waals surface area contributed by atoms with Crippen molar-refractivity contribution < 1.29 is 28.7 Å². The molecule has 0 fully saturated rings. The summed E-state index contributed by atoms with van der Waals surface area (Å²) in [5.41, 5.74) is 0.872. The molecule has 0 radical (unpaired) electrons. The summed E-state index contributed by atoms with van der Waals surface area (Å²) in [6.45, 7) is 2.67. The van der Waals surface area contributed by atoms with Crippen molar-refractivity contribution in [2.45, 2.75) is 22.3 Å². The number of aryl methyl sites for hydroxylation is 1. The monoisotopic (exact) mass is 318 g/mol. The van der Waals surface area contributed by atoms with Crippen LogP contribution in [-0.2, 0) is 9.13 Å². The fourth-order valence-corrected chi connectivity index (χ4v) is 6.29. The summed E-state index contributed by atoms with van der Waals surface area (Å²) in [4.78, 5) is 36.6. The highest BCUT2D eigenvalue weighted by Crippen LogP contribution is 2.75. The molecule has 0 amide bonds. The van der Waals surface area contributed by atoms with Crippen molar-refractivity contribution >= 4 is 38.3 Å². The Hall–Kier alpha value is 0.350. The van der Waals surface area contributed by atoms with Gasteiger partial charge >= 0.3 is 15.2 Å². The Labute approximate surface area is 106 Å². The molecular weight excluding hydrogens is 306 g/mol. The van der Waals surface area contributed by atoms with Crippen LogP contribution in [0.25, 0.3) is 0 Å². The molecule has 1 rings (SSSR count). The summed E-state index contributed by atoms with van der Waals surface area (Å²) < 4.78 is 20.6. The Balaban J connectivity index is 3.19. The predicted molar refractivity (Wildman–Crippen MR) is 67.4 cm³/mol. The van der Waals surface area contributed by atoms with E-state index in [2.05, 4.69) is 0 Å². The molecule has 0 saturated carbocycles. The van der Waals surface area contributed by atoms with Crippen LogP contribution in [0.3, 0.4) is 0 Å². The second-order valence-electron chi connectivity index (χ2n) is 3.57. The molecule has 17 heavy (non-hydrogen) atoms. The lowest BCUT2D eigenvalue weighted by Crippen LogP contribution is -2.20. The van der Waals surface area contributed by atoms with Crippen molar-refractivity contribution in [3.8, 4) is 0 Å². The van der Waals surface area contributed by atoms with Gasteiger partial charge in [0, 0.05) is 0 Å². The van der Waals surface area contributed by atoms with Gasteiger partial charge in [-0.05, 0) is 30.9 Å². The van der Waals surface area contributed by atoms with Gasteiger partial charge in [0.25, 0.3) is 0 Å². The van der Waals surface area contributed by atoms with Crippen molar-refractivity contribution in [1.82, 2.24) is 0 Å². The van der Waals surface area contributed by atoms with Crippen molar-refractivity contribution in [3.05, 3.63) is 17.0 Å². The molecule has 0 unspecified atom stereocenters. The SMILES string of the molecule is Cc1csc(SC(C)(P(=O)(O)O)P(=O)(O)O)c1. The van der Waals surface area contributed by atoms with Gasteiger partial charge in [0.05, 0.1) is 4.21 Å². The lowest BCUT2D eigenvalue weighted by atomic mass is 10.4. The van der Waals surface area contributed by atoms with E-state index in [1.807, 2.05) is 0 Å². The normalized spacial score (nSPS) is 14.0. The van der Waals surface area contributed by atoms with E-state index in [1.165, 1.54) is 11.3 Å². The van der Waals surface area contributed by atoms with Gasteiger partial charge in [0.2, 0.25) is 4.23 Å². The zero-order valence-electron chi connectivity index (χ0n) is 8.97. The topological polar surface area (TPSA) is 115 Å². The largest absolute Gasteiger partial charge is 0.353 e. The molecule has 0 saturated heterocycles. The fourth-order valence-electron chi connectivity index (χ4n) is 0.938. The maximum atomic E-state index is 11.3. The highest BCUT2D eigenvalue weighted by molar-refractivity contribution is 8.14. The molecule has 0 atom stereocenters. The van der Waals surface area contributed by atoms with Gasteiger partial charge in [0.1, 0.15) is 0 Å². The third-order valence-corrected chi connectivity index (χ3v) is 9.87. The van der Waals surface area contributed by atoms with Gasteiger partial charge in [-0.2, -0.15) is 0 Å². The van der Waals surface area contributed by atoms with Gasteiger partial charge in [-0.15, -0.1) is 11.3 Å². The highest BCUT2D eigenvalue weighted by Gasteiger charge is 2.57. The molecular formula is C7H12O6P2S2. The molecule has 0 aliphatic carbocycles. The first-order chi connectivity index (χ1) is 7.47. The van der Waals surface area contributed by atoms with Crippen molar-refractivity contribution in [1.29, 1.82) is 0 Å². The maximum Gasteiger partial charge on any atom is 0.353 e. The summed E-state index contributed by atoms with van der Waals surface area (Å²) in [7, 11) is -9.92. The summed E-state index contributed by atoms with van der Waals surface area (Å²) in [6.07, 6.45) is 0. The van der Waals surface area contributed by atoms with Gasteiger partial charge in [-0.25, -0.2) is 0 Å². The Morgan fingerprint density at radius 3 is 2.00 bits per heavy atom. The average Bonchev–Trinajstić information content (AvgIpc) is 2.47. The number of thioether (sulfide) groups is 1. The van der Waals surface area contributed by atoms with E-state index < -0.39 is 19.4 Å². The van der Waals surface area contributed by atoms with Gasteiger partial charge < -0.3 is 19.6 Å². The van der Waals surface area contributed by atoms with Crippen LogP contribution < -0.4 is 0 Å². The molecule has 0 spiro atoms. The van der Waals surface area contributed by atoms with Crippen LogP contribution in [0.1, 0.15) is 12.5 Å². The Morgan fingerprint density at radius 2 is 1.71 bits per heavy atom. The van der Waals surface area contributed by atoms with Crippen LogP contribution in [0.4, 0.5) is 0 Å². The zero-order chi connectivity index (χ0) is 13.5. The van der Waals surface area contributed by atoms with Crippen LogP contribution in [0.2, 0.25) is 0 Å². The standard InChI is InChI=1S/C7H12O6P2S2/c1-5-3-6(16-4-5)17-7(2,14(8,9)10)15(11,12)13/h3-4H,1-2H3,(H2,8,9,10)(H2,11,12,13). The molecule has 1 aromatic heterocycles. The van der Waals surface area contributed by atoms with Gasteiger partial charge in [0.15, 0.2) is 0 Å². The number of hydrogen-bond donors (Lipinski definition) is 4. The molecule has 98 valence electrons. The van der Waals surface area contributed by atoms with Gasteiger partial charge in [-0.3, -0.25) is 9.13 Å². The van der Waals surface area contributed by atoms with Crippen LogP contribution in [-0.4, -0.2) is 23.8 Å². The smallest absolute Gasteiger partial charge is 0.323 e. The maximum absolute atomic E-state index is 11.3. The van der Waals surface area contributed by atoms with Crippen molar-refractivity contribution in [2.24, 2.45) is 0 Å². The minimum Gasteiger partial charge on any atom is -0.323 e. The molecule has 0 aliphatic rings. The molecule has 1 heterocycles. The second-order valence-corrected chi connectivity index (χ2v) is 11.1. The van der Waals surface area contributed by atoms with E-state index in [0.717, 1.165) is 12.5 Å². The first kappa shape index (κ1) is 15.4. The van der Waals surface area contributed by atoms with E-state index in [0.29, 0.717) is 16.0 Å². The predicted octanol–water partition coefficient (Wildman–Crippen LogP) is 2.18.